The largest absolute Gasteiger partial charge is 0.493 e. The lowest BCUT2D eigenvalue weighted by Gasteiger charge is -2.09. The molecule has 0 fully saturated rings. The van der Waals surface area contributed by atoms with Crippen LogP contribution >= 0.6 is 22.6 Å². The van der Waals surface area contributed by atoms with Gasteiger partial charge in [0.1, 0.15) is 0 Å². The summed E-state index contributed by atoms with van der Waals surface area (Å²) in [7, 11) is 3.05. The maximum absolute atomic E-state index is 11.0. The summed E-state index contributed by atoms with van der Waals surface area (Å²) in [5, 5.41) is 0. The van der Waals surface area contributed by atoms with Gasteiger partial charge in [-0.05, 0) is 34.7 Å². The molecule has 0 aliphatic rings. The third kappa shape index (κ3) is 2.09. The molecule has 1 aromatic rings. The van der Waals surface area contributed by atoms with E-state index in [0.717, 1.165) is 3.57 Å². The zero-order valence-corrected chi connectivity index (χ0v) is 9.99. The smallest absolute Gasteiger partial charge is 0.249 e. The highest BCUT2D eigenvalue weighted by Crippen LogP contribution is 2.30. The lowest BCUT2D eigenvalue weighted by atomic mass is 10.2. The molecule has 0 aliphatic heterocycles. The van der Waals surface area contributed by atoms with Gasteiger partial charge >= 0.3 is 0 Å². The molecule has 0 aromatic heterocycles. The van der Waals surface area contributed by atoms with Crippen LogP contribution in [-0.4, -0.2) is 20.1 Å². The zero-order valence-electron chi connectivity index (χ0n) is 7.83. The highest BCUT2D eigenvalue weighted by molar-refractivity contribution is 14.1. The molecule has 4 nitrogen and oxygen atoms in total. The van der Waals surface area contributed by atoms with E-state index in [1.165, 1.54) is 14.2 Å². The van der Waals surface area contributed by atoms with Crippen LogP contribution in [0, 0.1) is 3.57 Å². The Morgan fingerprint density at radius 1 is 1.29 bits per heavy atom. The van der Waals surface area contributed by atoms with Gasteiger partial charge in [0.25, 0.3) is 0 Å². The number of carbonyl (C=O) groups excluding carboxylic acids is 1. The Balaban J connectivity index is 3.30. The first-order chi connectivity index (χ1) is 6.60. The summed E-state index contributed by atoms with van der Waals surface area (Å²) in [5.41, 5.74) is 5.62. The van der Waals surface area contributed by atoms with Crippen LogP contribution in [0.4, 0.5) is 0 Å². The number of carbonyl (C=O) groups is 1. The van der Waals surface area contributed by atoms with Gasteiger partial charge in [-0.1, -0.05) is 0 Å². The molecule has 0 atom stereocenters. The highest BCUT2D eigenvalue weighted by atomic mass is 127. The molecule has 0 heterocycles. The SMILES string of the molecule is COc1cc(I)c(C(N)=O)cc1OC. The normalized spacial score (nSPS) is 9.64. The molecule has 0 unspecified atom stereocenters. The summed E-state index contributed by atoms with van der Waals surface area (Å²) in [5.74, 6) is 0.610. The van der Waals surface area contributed by atoms with Crippen molar-refractivity contribution < 1.29 is 14.3 Å². The highest BCUT2D eigenvalue weighted by Gasteiger charge is 2.12. The number of amides is 1. The van der Waals surface area contributed by atoms with Gasteiger partial charge in [-0.15, -0.1) is 0 Å². The second-order valence-corrected chi connectivity index (χ2v) is 3.71. The monoisotopic (exact) mass is 307 g/mol. The molecule has 5 heteroatoms. The number of nitrogens with two attached hydrogens (primary N) is 1. The van der Waals surface area contributed by atoms with Gasteiger partial charge in [0.05, 0.1) is 19.8 Å². The van der Waals surface area contributed by atoms with Crippen LogP contribution in [0.3, 0.4) is 0 Å². The van der Waals surface area contributed by atoms with Crippen LogP contribution in [0.15, 0.2) is 12.1 Å². The Kier molecular flexibility index (Phi) is 3.56. The van der Waals surface area contributed by atoms with Crippen molar-refractivity contribution in [2.24, 2.45) is 5.73 Å². The van der Waals surface area contributed by atoms with Crippen LogP contribution in [0.25, 0.3) is 0 Å². The predicted octanol–water partition coefficient (Wildman–Crippen LogP) is 1.41. The summed E-state index contributed by atoms with van der Waals surface area (Å²) >= 11 is 2.02. The Morgan fingerprint density at radius 3 is 2.21 bits per heavy atom. The molecule has 0 aliphatic carbocycles. The van der Waals surface area contributed by atoms with Crippen molar-refractivity contribution in [1.29, 1.82) is 0 Å². The van der Waals surface area contributed by atoms with Crippen LogP contribution in [0.5, 0.6) is 11.5 Å². The molecular weight excluding hydrogens is 297 g/mol. The van der Waals surface area contributed by atoms with Gasteiger partial charge in [0.2, 0.25) is 5.91 Å². The number of halogens is 1. The molecule has 0 radical (unpaired) electrons. The summed E-state index contributed by atoms with van der Waals surface area (Å²) in [6, 6.07) is 3.28. The first kappa shape index (κ1) is 11.1. The lowest BCUT2D eigenvalue weighted by molar-refractivity contribution is 0.0999. The standard InChI is InChI=1S/C9H10INO3/c1-13-7-3-5(9(11)12)6(10)4-8(7)14-2/h3-4H,1-2H3,(H2,11,12). The average Bonchev–Trinajstić information content (AvgIpc) is 2.16. The van der Waals surface area contributed by atoms with E-state index in [4.69, 9.17) is 15.2 Å². The van der Waals surface area contributed by atoms with Gasteiger partial charge in [0, 0.05) is 3.57 Å². The minimum Gasteiger partial charge on any atom is -0.493 e. The molecule has 76 valence electrons. The third-order valence-corrected chi connectivity index (χ3v) is 2.63. The van der Waals surface area contributed by atoms with Gasteiger partial charge in [0.15, 0.2) is 11.5 Å². The zero-order chi connectivity index (χ0) is 10.7. The number of benzene rings is 1. The van der Waals surface area contributed by atoms with E-state index >= 15 is 0 Å². The van der Waals surface area contributed by atoms with E-state index < -0.39 is 5.91 Å². The quantitative estimate of drug-likeness (QED) is 0.859. The molecule has 1 aromatic carbocycles. The Bertz CT molecular complexity index is 365. The van der Waals surface area contributed by atoms with Crippen molar-refractivity contribution in [3.63, 3.8) is 0 Å². The summed E-state index contributed by atoms with van der Waals surface area (Å²) in [4.78, 5) is 11.0. The molecule has 14 heavy (non-hydrogen) atoms. The van der Waals surface area contributed by atoms with Crippen LogP contribution in [0.1, 0.15) is 10.4 Å². The van der Waals surface area contributed by atoms with Crippen molar-refractivity contribution in [1.82, 2.24) is 0 Å². The summed E-state index contributed by atoms with van der Waals surface area (Å²) in [6.45, 7) is 0. The van der Waals surface area contributed by atoms with Gasteiger partial charge in [-0.25, -0.2) is 0 Å². The Morgan fingerprint density at radius 2 is 1.79 bits per heavy atom. The number of methoxy groups -OCH3 is 2. The van der Waals surface area contributed by atoms with E-state index in [1.807, 2.05) is 22.6 Å². The molecule has 0 bridgehead atoms. The number of hydrogen-bond acceptors (Lipinski definition) is 3. The number of primary amides is 1. The first-order valence-electron chi connectivity index (χ1n) is 3.81. The van der Waals surface area contributed by atoms with Gasteiger partial charge in [-0.3, -0.25) is 4.79 Å². The van der Waals surface area contributed by atoms with Crippen molar-refractivity contribution in [2.75, 3.05) is 14.2 Å². The van der Waals surface area contributed by atoms with Crippen LogP contribution in [0.2, 0.25) is 0 Å². The van der Waals surface area contributed by atoms with Gasteiger partial charge in [-0.2, -0.15) is 0 Å². The van der Waals surface area contributed by atoms with E-state index in [9.17, 15) is 4.79 Å². The third-order valence-electron chi connectivity index (χ3n) is 1.74. The van der Waals surface area contributed by atoms with Crippen molar-refractivity contribution in [3.8, 4) is 11.5 Å². The second-order valence-electron chi connectivity index (χ2n) is 2.55. The Hall–Kier alpha value is -0.980. The molecule has 2 N–H and O–H groups in total. The fourth-order valence-electron chi connectivity index (χ4n) is 1.04. The van der Waals surface area contributed by atoms with Gasteiger partial charge < -0.3 is 15.2 Å². The van der Waals surface area contributed by atoms with Crippen LogP contribution in [-0.2, 0) is 0 Å². The Labute approximate surface area is 95.5 Å². The minimum absolute atomic E-state index is 0.434. The molecule has 0 saturated heterocycles. The summed E-state index contributed by atoms with van der Waals surface area (Å²) in [6.07, 6.45) is 0. The van der Waals surface area contributed by atoms with E-state index in [0.29, 0.717) is 17.1 Å². The molecular formula is C9H10INO3. The molecule has 0 spiro atoms. The maximum Gasteiger partial charge on any atom is 0.249 e. The summed E-state index contributed by atoms with van der Waals surface area (Å²) < 4.78 is 10.9. The first-order valence-corrected chi connectivity index (χ1v) is 4.89. The maximum atomic E-state index is 11.0. The fourth-order valence-corrected chi connectivity index (χ4v) is 1.75. The molecule has 1 amide bonds. The number of rotatable bonds is 3. The second kappa shape index (κ2) is 4.50. The van der Waals surface area contributed by atoms with Crippen LogP contribution < -0.4 is 15.2 Å². The van der Waals surface area contributed by atoms with Crippen molar-refractivity contribution in [2.45, 2.75) is 0 Å². The number of ether oxygens (including phenoxy) is 2. The predicted molar refractivity (Wildman–Crippen MR) is 60.8 cm³/mol. The van der Waals surface area contributed by atoms with E-state index in [-0.39, 0.29) is 0 Å². The van der Waals surface area contributed by atoms with Crippen molar-refractivity contribution in [3.05, 3.63) is 21.3 Å². The minimum atomic E-state index is -0.477. The fraction of sp³-hybridized carbons (Fsp3) is 0.222. The van der Waals surface area contributed by atoms with E-state index in [2.05, 4.69) is 0 Å². The topological polar surface area (TPSA) is 61.5 Å². The molecule has 0 saturated carbocycles. The number of hydrogen-bond donors (Lipinski definition) is 1. The van der Waals surface area contributed by atoms with E-state index in [1.54, 1.807) is 12.1 Å². The average molecular weight is 307 g/mol. The van der Waals surface area contributed by atoms with Crippen molar-refractivity contribution >= 4 is 28.5 Å². The molecule has 1 rings (SSSR count). The lowest BCUT2D eigenvalue weighted by Crippen LogP contribution is -2.13.